The Labute approximate surface area is 122 Å². The molecule has 1 heterocycles. The molecular formula is C12H15N5O3S. The quantitative estimate of drug-likeness (QED) is 0.783. The third kappa shape index (κ3) is 4.36. The van der Waals surface area contributed by atoms with Crippen LogP contribution in [-0.2, 0) is 14.8 Å². The van der Waals surface area contributed by atoms with E-state index in [4.69, 9.17) is 0 Å². The normalized spacial score (nSPS) is 11.3. The van der Waals surface area contributed by atoms with Crippen LogP contribution in [0.5, 0.6) is 0 Å². The molecule has 0 fully saturated rings. The Balaban J connectivity index is 1.84. The Kier molecular flexibility index (Phi) is 4.66. The molecule has 0 saturated heterocycles. The molecule has 8 nitrogen and oxygen atoms in total. The average Bonchev–Trinajstić information content (AvgIpc) is 2.91. The summed E-state index contributed by atoms with van der Waals surface area (Å²) in [5.41, 5.74) is 3.45. The van der Waals surface area contributed by atoms with E-state index in [0.29, 0.717) is 0 Å². The molecule has 0 radical (unpaired) electrons. The van der Waals surface area contributed by atoms with Gasteiger partial charge in [-0.2, -0.15) is 0 Å². The van der Waals surface area contributed by atoms with Gasteiger partial charge in [0.2, 0.25) is 15.9 Å². The van der Waals surface area contributed by atoms with Crippen molar-refractivity contribution in [1.29, 1.82) is 0 Å². The molecule has 0 spiro atoms. The molecule has 9 heteroatoms. The van der Waals surface area contributed by atoms with Gasteiger partial charge in [0.1, 0.15) is 12.7 Å². The van der Waals surface area contributed by atoms with E-state index in [1.54, 1.807) is 12.1 Å². The fraction of sp³-hybridized carbons (Fsp3) is 0.250. The fourth-order valence-electron chi connectivity index (χ4n) is 1.56. The zero-order valence-corrected chi connectivity index (χ0v) is 12.2. The Bertz CT molecular complexity index is 695. The van der Waals surface area contributed by atoms with Crippen LogP contribution < -0.4 is 10.1 Å². The Morgan fingerprint density at radius 3 is 2.43 bits per heavy atom. The van der Waals surface area contributed by atoms with E-state index in [2.05, 4.69) is 20.3 Å². The summed E-state index contributed by atoms with van der Waals surface area (Å²) in [6, 6.07) is 6.48. The molecule has 0 bridgehead atoms. The van der Waals surface area contributed by atoms with Gasteiger partial charge >= 0.3 is 0 Å². The molecule has 2 rings (SSSR count). The first kappa shape index (κ1) is 15.1. The van der Waals surface area contributed by atoms with Crippen LogP contribution in [-0.4, -0.2) is 35.7 Å². The minimum Gasteiger partial charge on any atom is -0.273 e. The number of carbonyl (C=O) groups excluding carboxylic acids is 1. The van der Waals surface area contributed by atoms with E-state index < -0.39 is 10.0 Å². The van der Waals surface area contributed by atoms with Crippen molar-refractivity contribution in [3.05, 3.63) is 42.5 Å². The second-order valence-electron chi connectivity index (χ2n) is 4.36. The maximum atomic E-state index is 12.0. The number of carbonyl (C=O) groups is 1. The molecule has 0 unspecified atom stereocenters. The van der Waals surface area contributed by atoms with Crippen LogP contribution >= 0.6 is 0 Å². The minimum absolute atomic E-state index is 0.00325. The topological polar surface area (TPSA) is 106 Å². The highest BCUT2D eigenvalue weighted by Gasteiger charge is 2.13. The van der Waals surface area contributed by atoms with Crippen molar-refractivity contribution < 1.29 is 13.2 Å². The minimum atomic E-state index is -3.60. The molecule has 1 aromatic carbocycles. The van der Waals surface area contributed by atoms with Crippen molar-refractivity contribution in [2.75, 3.05) is 12.0 Å². The lowest BCUT2D eigenvalue weighted by Gasteiger charge is -2.07. The van der Waals surface area contributed by atoms with Gasteiger partial charge in [-0.3, -0.25) is 10.2 Å². The van der Waals surface area contributed by atoms with Crippen molar-refractivity contribution in [2.24, 2.45) is 0 Å². The van der Waals surface area contributed by atoms with Gasteiger partial charge in [0.25, 0.3) is 0 Å². The molecule has 0 atom stereocenters. The first-order valence-electron chi connectivity index (χ1n) is 6.18. The van der Waals surface area contributed by atoms with E-state index in [9.17, 15) is 13.2 Å². The number of hydrogen-bond donors (Lipinski definition) is 2. The maximum absolute atomic E-state index is 12.0. The fourth-order valence-corrected chi connectivity index (χ4v) is 2.59. The van der Waals surface area contributed by atoms with Crippen LogP contribution in [0.4, 0.5) is 0 Å². The van der Waals surface area contributed by atoms with E-state index in [0.717, 1.165) is 5.56 Å². The Morgan fingerprint density at radius 1 is 1.19 bits per heavy atom. The van der Waals surface area contributed by atoms with Crippen LogP contribution in [0.15, 0.2) is 41.8 Å². The zero-order chi connectivity index (χ0) is 15.3. The number of nitrogens with one attached hydrogen (secondary N) is 2. The predicted octanol–water partition coefficient (Wildman–Crippen LogP) is 0.0252. The van der Waals surface area contributed by atoms with Crippen molar-refractivity contribution in [1.82, 2.24) is 19.6 Å². The molecule has 0 saturated carbocycles. The number of rotatable bonds is 6. The summed E-state index contributed by atoms with van der Waals surface area (Å²) >= 11 is 0. The lowest BCUT2D eigenvalue weighted by atomic mass is 10.2. The second kappa shape index (κ2) is 6.46. The van der Waals surface area contributed by atoms with Crippen molar-refractivity contribution in [2.45, 2.75) is 18.2 Å². The van der Waals surface area contributed by atoms with Gasteiger partial charge in [0.05, 0.1) is 4.90 Å². The molecule has 0 aliphatic heterocycles. The largest absolute Gasteiger partial charge is 0.273 e. The highest BCUT2D eigenvalue weighted by atomic mass is 32.2. The monoisotopic (exact) mass is 309 g/mol. The molecular weight excluding hydrogens is 294 g/mol. The summed E-state index contributed by atoms with van der Waals surface area (Å²) in [5.74, 6) is -0.346. The molecule has 0 aliphatic carbocycles. The number of aryl methyl sites for hydroxylation is 1. The Hall–Kier alpha value is -2.26. The number of hydrogen-bond acceptors (Lipinski definition) is 5. The molecule has 2 aromatic rings. The highest BCUT2D eigenvalue weighted by molar-refractivity contribution is 7.89. The number of benzene rings is 1. The van der Waals surface area contributed by atoms with Crippen LogP contribution in [0.2, 0.25) is 0 Å². The number of nitrogens with zero attached hydrogens (tertiary/aromatic N) is 3. The van der Waals surface area contributed by atoms with Crippen molar-refractivity contribution >= 4 is 15.9 Å². The average molecular weight is 309 g/mol. The summed E-state index contributed by atoms with van der Waals surface area (Å²) < 4.78 is 27.6. The third-order valence-electron chi connectivity index (χ3n) is 2.65. The van der Waals surface area contributed by atoms with Gasteiger partial charge in [0, 0.05) is 13.0 Å². The second-order valence-corrected chi connectivity index (χ2v) is 6.13. The lowest BCUT2D eigenvalue weighted by Crippen LogP contribution is -2.29. The maximum Gasteiger partial charge on any atom is 0.240 e. The van der Waals surface area contributed by atoms with Gasteiger partial charge in [-0.25, -0.2) is 17.8 Å². The SMILES string of the molecule is Cc1ccc(S(=O)(=O)NCCC(=O)Nn2cnnc2)cc1. The van der Waals surface area contributed by atoms with Gasteiger partial charge in [-0.15, -0.1) is 10.2 Å². The first-order chi connectivity index (χ1) is 9.97. The molecule has 21 heavy (non-hydrogen) atoms. The Morgan fingerprint density at radius 2 is 1.81 bits per heavy atom. The smallest absolute Gasteiger partial charge is 0.240 e. The summed E-state index contributed by atoms with van der Waals surface area (Å²) in [6.45, 7) is 1.88. The molecule has 0 aliphatic rings. The molecule has 2 N–H and O–H groups in total. The number of sulfonamides is 1. The standard InChI is InChI=1S/C12H15N5O3S/c1-10-2-4-11(5-3-10)21(19,20)15-7-6-12(18)16-17-8-13-14-9-17/h2-5,8-9,15H,6-7H2,1H3,(H,16,18). The summed E-state index contributed by atoms with van der Waals surface area (Å²) in [6.07, 6.45) is 2.66. The lowest BCUT2D eigenvalue weighted by molar-refractivity contribution is -0.116. The predicted molar refractivity (Wildman–Crippen MR) is 75.4 cm³/mol. The van der Waals surface area contributed by atoms with Crippen molar-refractivity contribution in [3.63, 3.8) is 0 Å². The highest BCUT2D eigenvalue weighted by Crippen LogP contribution is 2.09. The van der Waals surface area contributed by atoms with Gasteiger partial charge in [-0.05, 0) is 19.1 Å². The number of amides is 1. The molecule has 1 aromatic heterocycles. The number of aromatic nitrogens is 3. The van der Waals surface area contributed by atoms with Crippen LogP contribution in [0.25, 0.3) is 0 Å². The van der Waals surface area contributed by atoms with Gasteiger partial charge in [0.15, 0.2) is 0 Å². The molecule has 112 valence electrons. The van der Waals surface area contributed by atoms with Crippen LogP contribution in [0, 0.1) is 6.92 Å². The van der Waals surface area contributed by atoms with E-state index in [-0.39, 0.29) is 23.8 Å². The summed E-state index contributed by atoms with van der Waals surface area (Å²) in [4.78, 5) is 11.7. The summed E-state index contributed by atoms with van der Waals surface area (Å²) in [7, 11) is -3.60. The molecule has 1 amide bonds. The third-order valence-corrected chi connectivity index (χ3v) is 4.12. The first-order valence-corrected chi connectivity index (χ1v) is 7.66. The van der Waals surface area contributed by atoms with Crippen LogP contribution in [0.1, 0.15) is 12.0 Å². The van der Waals surface area contributed by atoms with Gasteiger partial charge < -0.3 is 0 Å². The van der Waals surface area contributed by atoms with E-state index >= 15 is 0 Å². The van der Waals surface area contributed by atoms with Gasteiger partial charge in [-0.1, -0.05) is 17.7 Å². The zero-order valence-electron chi connectivity index (χ0n) is 11.4. The van der Waals surface area contributed by atoms with Crippen molar-refractivity contribution in [3.8, 4) is 0 Å². The summed E-state index contributed by atoms with van der Waals surface area (Å²) in [5, 5.41) is 7.06. The van der Waals surface area contributed by atoms with E-state index in [1.165, 1.54) is 29.5 Å². The van der Waals surface area contributed by atoms with E-state index in [1.807, 2.05) is 6.92 Å². The van der Waals surface area contributed by atoms with Crippen LogP contribution in [0.3, 0.4) is 0 Å².